The minimum Gasteiger partial charge on any atom is -0.482 e. The number of aliphatic hydroxyl groups is 1. The van der Waals surface area contributed by atoms with Crippen molar-refractivity contribution in [2.24, 2.45) is 0 Å². The highest BCUT2D eigenvalue weighted by Crippen LogP contribution is 2.28. The van der Waals surface area contributed by atoms with E-state index in [-0.39, 0.29) is 30.4 Å². The molecule has 1 saturated heterocycles. The van der Waals surface area contributed by atoms with Crippen LogP contribution in [0.2, 0.25) is 0 Å². The van der Waals surface area contributed by atoms with Crippen LogP contribution in [0.25, 0.3) is 0 Å². The lowest BCUT2D eigenvalue weighted by molar-refractivity contribution is -0.139. The van der Waals surface area contributed by atoms with E-state index in [0.29, 0.717) is 31.7 Å². The molecule has 0 radical (unpaired) electrons. The molecule has 2 atom stereocenters. The summed E-state index contributed by atoms with van der Waals surface area (Å²) in [5.41, 5.74) is 3.31. The van der Waals surface area contributed by atoms with Crippen LogP contribution in [0.3, 0.4) is 0 Å². The molecule has 180 valence electrons. The van der Waals surface area contributed by atoms with Gasteiger partial charge in [0.2, 0.25) is 11.8 Å². The van der Waals surface area contributed by atoms with Crippen LogP contribution in [0.1, 0.15) is 29.2 Å². The van der Waals surface area contributed by atoms with E-state index < -0.39 is 12.6 Å². The number of hydrogen-bond donors (Lipinski definition) is 3. The van der Waals surface area contributed by atoms with Crippen LogP contribution in [0.5, 0.6) is 5.75 Å². The Hall–Kier alpha value is -3.43. The number of aliphatic carboxylic acids is 1. The number of benzene rings is 2. The Labute approximate surface area is 197 Å². The Morgan fingerprint density at radius 2 is 2.09 bits per heavy atom. The lowest BCUT2D eigenvalue weighted by Crippen LogP contribution is -2.39. The zero-order chi connectivity index (χ0) is 24.2. The van der Waals surface area contributed by atoms with Crippen molar-refractivity contribution in [3.63, 3.8) is 0 Å². The minimum atomic E-state index is -1.06. The van der Waals surface area contributed by atoms with E-state index in [9.17, 15) is 19.5 Å². The number of aliphatic hydroxyl groups excluding tert-OH is 1. The number of carboxylic acid groups (broad SMARTS) is 1. The molecule has 0 saturated carbocycles. The number of carbonyl (C=O) groups excluding carboxylic acids is 2. The lowest BCUT2D eigenvalue weighted by Gasteiger charge is -2.32. The van der Waals surface area contributed by atoms with Crippen LogP contribution in [0.4, 0.5) is 5.69 Å². The number of ether oxygens (including phenoxy) is 1. The van der Waals surface area contributed by atoms with Gasteiger partial charge in [0.1, 0.15) is 5.75 Å². The second kappa shape index (κ2) is 10.2. The number of hydrogen-bond acceptors (Lipinski definition) is 6. The molecule has 2 aliphatic heterocycles. The zero-order valence-electron chi connectivity index (χ0n) is 19.1. The van der Waals surface area contributed by atoms with Gasteiger partial charge in [0, 0.05) is 32.4 Å². The van der Waals surface area contributed by atoms with Crippen molar-refractivity contribution >= 4 is 23.5 Å². The molecule has 2 aromatic rings. The molecular weight excluding hydrogens is 438 g/mol. The van der Waals surface area contributed by atoms with E-state index in [1.807, 2.05) is 24.3 Å². The maximum atomic E-state index is 13.3. The molecular formula is C25H29N3O6. The molecule has 9 nitrogen and oxygen atoms in total. The van der Waals surface area contributed by atoms with Crippen molar-refractivity contribution < 1.29 is 29.3 Å². The van der Waals surface area contributed by atoms with Gasteiger partial charge in [0.25, 0.3) is 0 Å². The Morgan fingerprint density at radius 3 is 2.82 bits per heavy atom. The Balaban J connectivity index is 1.52. The van der Waals surface area contributed by atoms with Crippen molar-refractivity contribution in [2.45, 2.75) is 31.4 Å². The third-order valence-corrected chi connectivity index (χ3v) is 6.30. The number of nitrogens with one attached hydrogen (secondary N) is 1. The molecule has 0 aromatic heterocycles. The smallest absolute Gasteiger partial charge is 0.341 e. The van der Waals surface area contributed by atoms with Gasteiger partial charge in [-0.2, -0.15) is 0 Å². The van der Waals surface area contributed by atoms with Gasteiger partial charge < -0.3 is 25.2 Å². The number of carboxylic acids is 1. The Kier molecular flexibility index (Phi) is 7.14. The number of likely N-dealkylation sites (tertiary alicyclic amines) is 1. The zero-order valence-corrected chi connectivity index (χ0v) is 19.1. The summed E-state index contributed by atoms with van der Waals surface area (Å²) < 4.78 is 5.34. The average molecular weight is 468 g/mol. The summed E-state index contributed by atoms with van der Waals surface area (Å²) in [7, 11) is 1.75. The molecule has 4 rings (SSSR count). The van der Waals surface area contributed by atoms with Gasteiger partial charge in [-0.1, -0.05) is 24.3 Å². The minimum absolute atomic E-state index is 0.0477. The summed E-state index contributed by atoms with van der Waals surface area (Å²) in [6.45, 7) is 1.36. The summed E-state index contributed by atoms with van der Waals surface area (Å²) in [4.78, 5) is 39.6. The van der Waals surface area contributed by atoms with Crippen LogP contribution in [-0.4, -0.2) is 77.2 Å². The molecule has 2 amide bonds. The van der Waals surface area contributed by atoms with Gasteiger partial charge >= 0.3 is 5.97 Å². The molecule has 0 bridgehead atoms. The van der Waals surface area contributed by atoms with Gasteiger partial charge in [0.15, 0.2) is 6.61 Å². The molecule has 0 aliphatic carbocycles. The molecule has 34 heavy (non-hydrogen) atoms. The summed E-state index contributed by atoms with van der Waals surface area (Å²) in [6, 6.07) is 12.4. The first-order valence-corrected chi connectivity index (χ1v) is 11.3. The van der Waals surface area contributed by atoms with Gasteiger partial charge in [-0.3, -0.25) is 14.5 Å². The second-order valence-corrected chi connectivity index (χ2v) is 8.87. The molecule has 3 N–H and O–H groups in total. The first-order valence-electron chi connectivity index (χ1n) is 11.3. The molecule has 1 fully saturated rings. The van der Waals surface area contributed by atoms with Gasteiger partial charge in [-0.05, 0) is 41.3 Å². The lowest BCUT2D eigenvalue weighted by atomic mass is 10.0. The Morgan fingerprint density at radius 1 is 1.26 bits per heavy atom. The third kappa shape index (κ3) is 5.73. The highest BCUT2D eigenvalue weighted by molar-refractivity contribution is 5.99. The van der Waals surface area contributed by atoms with E-state index in [0.717, 1.165) is 28.9 Å². The number of nitrogens with zero attached hydrogens (tertiary/aromatic N) is 2. The number of amides is 2. The molecule has 2 heterocycles. The fourth-order valence-electron chi connectivity index (χ4n) is 4.48. The first-order chi connectivity index (χ1) is 16.3. The van der Waals surface area contributed by atoms with Gasteiger partial charge in [0.05, 0.1) is 25.0 Å². The average Bonchev–Trinajstić information content (AvgIpc) is 3.39. The Bertz CT molecular complexity index is 1090. The summed E-state index contributed by atoms with van der Waals surface area (Å²) in [5.74, 6) is -0.785. The van der Waals surface area contributed by atoms with Crippen molar-refractivity contribution in [3.8, 4) is 5.75 Å². The monoisotopic (exact) mass is 467 g/mol. The quantitative estimate of drug-likeness (QED) is 0.511. The van der Waals surface area contributed by atoms with Crippen LogP contribution in [-0.2, 0) is 27.2 Å². The number of β-amino-alcohol motifs (C(OH)–C–C–N with tert-alkyl or cyclic N) is 1. The van der Waals surface area contributed by atoms with Crippen molar-refractivity contribution in [1.82, 2.24) is 9.80 Å². The van der Waals surface area contributed by atoms with Gasteiger partial charge in [-0.15, -0.1) is 0 Å². The fourth-order valence-corrected chi connectivity index (χ4v) is 4.48. The number of fused-ring (bicyclic) bond motifs is 1. The highest BCUT2D eigenvalue weighted by atomic mass is 16.5. The summed E-state index contributed by atoms with van der Waals surface area (Å²) in [6.07, 6.45) is 0.836. The highest BCUT2D eigenvalue weighted by Gasteiger charge is 2.29. The first kappa shape index (κ1) is 23.7. The topological polar surface area (TPSA) is 119 Å². The maximum Gasteiger partial charge on any atom is 0.341 e. The van der Waals surface area contributed by atoms with Crippen molar-refractivity contribution in [1.29, 1.82) is 0 Å². The molecule has 2 aromatic carbocycles. The number of anilines is 1. The van der Waals surface area contributed by atoms with E-state index in [1.54, 1.807) is 30.1 Å². The molecule has 0 spiro atoms. The van der Waals surface area contributed by atoms with Crippen molar-refractivity contribution in [2.75, 3.05) is 38.6 Å². The fraction of sp³-hybridized carbons (Fsp3) is 0.400. The molecule has 0 unspecified atom stereocenters. The summed E-state index contributed by atoms with van der Waals surface area (Å²) in [5, 5.41) is 21.7. The van der Waals surface area contributed by atoms with E-state index in [2.05, 4.69) is 10.2 Å². The predicted molar refractivity (Wildman–Crippen MR) is 125 cm³/mol. The standard InChI is InChI=1S/C25H29N3O6/c1-27(24(31)10-16-5-6-17-12-23(30)26-21(17)9-16)22(14-28-8-7-19(29)13-28)18-3-2-4-20(11-18)34-15-25(32)33/h2-6,9,11,19,22,29H,7-8,10,12-15H2,1H3,(H,26,30)(H,32,33)/t19-,22+/m0/s1. The van der Waals surface area contributed by atoms with Gasteiger partial charge in [-0.25, -0.2) is 4.79 Å². The molecule has 9 heteroatoms. The number of rotatable bonds is 9. The number of likely N-dealkylation sites (N-methyl/N-ethyl adjacent to an activating group) is 1. The van der Waals surface area contributed by atoms with Crippen molar-refractivity contribution in [3.05, 3.63) is 59.2 Å². The maximum absolute atomic E-state index is 13.3. The SMILES string of the molecule is CN(C(=O)Cc1ccc2c(c1)NC(=O)C2)[C@H](CN1CC[C@H](O)C1)c1cccc(OCC(=O)O)c1. The summed E-state index contributed by atoms with van der Waals surface area (Å²) >= 11 is 0. The van der Waals surface area contributed by atoms with E-state index in [1.165, 1.54) is 0 Å². The van der Waals surface area contributed by atoms with Crippen LogP contribution >= 0.6 is 0 Å². The van der Waals surface area contributed by atoms with Crippen LogP contribution < -0.4 is 10.1 Å². The third-order valence-electron chi connectivity index (χ3n) is 6.30. The second-order valence-electron chi connectivity index (χ2n) is 8.87. The normalized spacial score (nSPS) is 18.3. The number of carbonyl (C=O) groups is 3. The van der Waals surface area contributed by atoms with E-state index >= 15 is 0 Å². The molecule has 2 aliphatic rings. The van der Waals surface area contributed by atoms with E-state index in [4.69, 9.17) is 9.84 Å². The predicted octanol–water partition coefficient (Wildman–Crippen LogP) is 1.45. The van der Waals surface area contributed by atoms with Crippen LogP contribution in [0.15, 0.2) is 42.5 Å². The van der Waals surface area contributed by atoms with Crippen LogP contribution in [0, 0.1) is 0 Å². The largest absolute Gasteiger partial charge is 0.482 e.